The lowest BCUT2D eigenvalue weighted by molar-refractivity contribution is 0.0808. The highest BCUT2D eigenvalue weighted by Gasteiger charge is 2.50. The number of aromatic nitrogens is 2. The number of piperazine rings is 1. The maximum atomic E-state index is 16.9. The van der Waals surface area contributed by atoms with Gasteiger partial charge in [-0.3, -0.25) is 4.90 Å². The molecule has 0 spiro atoms. The monoisotopic (exact) mass is 632 g/mol. The lowest BCUT2D eigenvalue weighted by Gasteiger charge is -2.39. The third-order valence-electron chi connectivity index (χ3n) is 11.6. The number of nitrogens with one attached hydrogen (secondary N) is 1. The Morgan fingerprint density at radius 3 is 2.51 bits per heavy atom. The predicted octanol–water partition coefficient (Wildman–Crippen LogP) is 5.33. The van der Waals surface area contributed by atoms with E-state index in [4.69, 9.17) is 26.9 Å². The van der Waals surface area contributed by atoms with E-state index in [1.807, 2.05) is 24.3 Å². The van der Waals surface area contributed by atoms with Gasteiger partial charge in [0.1, 0.15) is 17.1 Å². The van der Waals surface area contributed by atoms with Crippen LogP contribution in [0.1, 0.15) is 56.9 Å². The molecular weight excluding hydrogens is 591 g/mol. The fourth-order valence-electron chi connectivity index (χ4n) is 9.06. The highest BCUT2D eigenvalue weighted by Crippen LogP contribution is 2.50. The van der Waals surface area contributed by atoms with Crippen molar-refractivity contribution in [3.8, 4) is 35.2 Å². The minimum Gasteiger partial charge on any atom is -0.508 e. The van der Waals surface area contributed by atoms with Crippen LogP contribution >= 0.6 is 0 Å². The molecule has 4 aromatic rings. The van der Waals surface area contributed by atoms with Crippen LogP contribution in [0.25, 0.3) is 32.8 Å². The molecular formula is C38H41FN6O2. The Balaban J connectivity index is 1.10. The number of phenols is 1. The number of nitrogens with two attached hydrogens (primary N) is 1. The quantitative estimate of drug-likeness (QED) is 0.235. The van der Waals surface area contributed by atoms with Crippen molar-refractivity contribution in [1.29, 1.82) is 0 Å². The highest BCUT2D eigenvalue weighted by atomic mass is 19.1. The molecule has 1 aliphatic carbocycles. The molecule has 9 rings (SSSR count). The molecule has 3 aromatic carbocycles. The van der Waals surface area contributed by atoms with Crippen LogP contribution in [0.5, 0.6) is 11.8 Å². The van der Waals surface area contributed by atoms with Crippen molar-refractivity contribution in [3.05, 3.63) is 53.8 Å². The first-order valence-corrected chi connectivity index (χ1v) is 17.2. The Morgan fingerprint density at radius 2 is 1.79 bits per heavy atom. The number of aromatic hydroxyl groups is 1. The van der Waals surface area contributed by atoms with Gasteiger partial charge in [-0.15, -0.1) is 6.42 Å². The van der Waals surface area contributed by atoms with Gasteiger partial charge in [0.15, 0.2) is 5.82 Å². The number of phenolic OH excluding ortho intramolecular Hbond substituents is 1. The summed E-state index contributed by atoms with van der Waals surface area (Å²) in [6.07, 6.45) is 15.0. The molecule has 4 saturated heterocycles. The first-order valence-electron chi connectivity index (χ1n) is 17.2. The maximum absolute atomic E-state index is 16.9. The van der Waals surface area contributed by atoms with Crippen LogP contribution < -0.4 is 20.7 Å². The van der Waals surface area contributed by atoms with E-state index in [9.17, 15) is 5.11 Å². The van der Waals surface area contributed by atoms with Crippen molar-refractivity contribution in [2.45, 2.75) is 81.6 Å². The van der Waals surface area contributed by atoms with Crippen LogP contribution in [0, 0.1) is 23.6 Å². The number of nitrogens with zero attached hydrogens (tertiary/aromatic N) is 4. The molecule has 4 atom stereocenters. The Kier molecular flexibility index (Phi) is 6.86. The first-order chi connectivity index (χ1) is 22.9. The van der Waals surface area contributed by atoms with Crippen molar-refractivity contribution in [3.63, 3.8) is 0 Å². The smallest absolute Gasteiger partial charge is 0.319 e. The molecule has 1 saturated carbocycles. The van der Waals surface area contributed by atoms with E-state index in [1.54, 1.807) is 18.2 Å². The SMILES string of the molecule is C#Cc1cccc2cc(O)cc(-c3ccc4c(N5CC6CCC(C5)N6)nc(OCC5(CN6C7CCC6CC(N)C7)CC5)nc4c3F)c12. The summed E-state index contributed by atoms with van der Waals surface area (Å²) in [6.45, 7) is 3.13. The van der Waals surface area contributed by atoms with E-state index >= 15 is 4.39 Å². The summed E-state index contributed by atoms with van der Waals surface area (Å²) in [7, 11) is 0. The van der Waals surface area contributed by atoms with Gasteiger partial charge in [-0.2, -0.15) is 9.97 Å². The Morgan fingerprint density at radius 1 is 1.02 bits per heavy atom. The number of fused-ring (bicyclic) bond motifs is 6. The summed E-state index contributed by atoms with van der Waals surface area (Å²) in [5, 5.41) is 16.4. The van der Waals surface area contributed by atoms with Crippen LogP contribution in [0.2, 0.25) is 0 Å². The molecule has 4 aliphatic heterocycles. The fourth-order valence-corrected chi connectivity index (χ4v) is 9.06. The molecule has 1 aromatic heterocycles. The zero-order chi connectivity index (χ0) is 31.9. The minimum atomic E-state index is -0.477. The Labute approximate surface area is 274 Å². The molecule has 0 radical (unpaired) electrons. The molecule has 4 N–H and O–H groups in total. The zero-order valence-electron chi connectivity index (χ0n) is 26.6. The molecule has 5 heterocycles. The normalized spacial score (nSPS) is 27.8. The van der Waals surface area contributed by atoms with Gasteiger partial charge < -0.3 is 25.8 Å². The van der Waals surface area contributed by atoms with Gasteiger partial charge in [0, 0.05) is 77.2 Å². The first kappa shape index (κ1) is 29.2. The highest BCUT2D eigenvalue weighted by molar-refractivity contribution is 6.04. The van der Waals surface area contributed by atoms with Crippen LogP contribution in [-0.2, 0) is 0 Å². The van der Waals surface area contributed by atoms with E-state index in [2.05, 4.69) is 21.0 Å². The number of hydrogen-bond donors (Lipinski definition) is 3. The number of piperidine rings is 1. The molecule has 4 bridgehead atoms. The van der Waals surface area contributed by atoms with Gasteiger partial charge in [0.2, 0.25) is 0 Å². The third kappa shape index (κ3) is 5.09. The summed E-state index contributed by atoms with van der Waals surface area (Å²) < 4.78 is 23.4. The van der Waals surface area contributed by atoms with Crippen molar-refractivity contribution in [2.75, 3.05) is 31.1 Å². The summed E-state index contributed by atoms with van der Waals surface area (Å²) in [5.74, 6) is 3.02. The number of benzene rings is 3. The van der Waals surface area contributed by atoms with E-state index in [0.29, 0.717) is 64.7 Å². The number of rotatable bonds is 7. The summed E-state index contributed by atoms with van der Waals surface area (Å²) in [4.78, 5) is 14.7. The summed E-state index contributed by atoms with van der Waals surface area (Å²) in [5.41, 5.74) is 8.14. The van der Waals surface area contributed by atoms with Crippen molar-refractivity contribution in [1.82, 2.24) is 20.2 Å². The molecule has 9 heteroatoms. The topological polar surface area (TPSA) is 99.8 Å². The molecule has 4 unspecified atom stereocenters. The molecule has 0 amide bonds. The van der Waals surface area contributed by atoms with Crippen LogP contribution in [-0.4, -0.2) is 76.4 Å². The summed E-state index contributed by atoms with van der Waals surface area (Å²) >= 11 is 0. The van der Waals surface area contributed by atoms with E-state index < -0.39 is 5.82 Å². The van der Waals surface area contributed by atoms with Crippen LogP contribution in [0.4, 0.5) is 10.2 Å². The average Bonchev–Trinajstić information content (AvgIpc) is 3.70. The Bertz CT molecular complexity index is 1910. The maximum Gasteiger partial charge on any atom is 0.319 e. The number of ether oxygens (including phenoxy) is 1. The molecule has 242 valence electrons. The van der Waals surface area contributed by atoms with E-state index in [0.717, 1.165) is 68.9 Å². The lowest BCUT2D eigenvalue weighted by Crippen LogP contribution is -2.51. The number of terminal acetylenes is 1. The minimum absolute atomic E-state index is 0.0451. The largest absolute Gasteiger partial charge is 0.508 e. The second kappa shape index (κ2) is 11.0. The van der Waals surface area contributed by atoms with E-state index in [1.165, 1.54) is 12.8 Å². The second-order valence-corrected chi connectivity index (χ2v) is 14.8. The van der Waals surface area contributed by atoms with Crippen molar-refractivity contribution in [2.24, 2.45) is 11.1 Å². The fraction of sp³-hybridized carbons (Fsp3) is 0.474. The Hall–Kier alpha value is -3.97. The van der Waals surface area contributed by atoms with Crippen LogP contribution in [0.3, 0.4) is 0 Å². The number of halogens is 1. The van der Waals surface area contributed by atoms with Gasteiger partial charge in [-0.1, -0.05) is 24.1 Å². The second-order valence-electron chi connectivity index (χ2n) is 14.8. The van der Waals surface area contributed by atoms with Crippen molar-refractivity contribution >= 4 is 27.5 Å². The van der Waals surface area contributed by atoms with Gasteiger partial charge in [-0.25, -0.2) is 4.39 Å². The van der Waals surface area contributed by atoms with Gasteiger partial charge in [0.05, 0.1) is 6.61 Å². The average molecular weight is 633 g/mol. The van der Waals surface area contributed by atoms with Gasteiger partial charge in [-0.05, 0) is 86.6 Å². The summed E-state index contributed by atoms with van der Waals surface area (Å²) in [6, 6.07) is 14.9. The predicted molar refractivity (Wildman–Crippen MR) is 182 cm³/mol. The van der Waals surface area contributed by atoms with Gasteiger partial charge in [0.25, 0.3) is 0 Å². The third-order valence-corrected chi connectivity index (χ3v) is 11.6. The molecule has 47 heavy (non-hydrogen) atoms. The molecule has 5 fully saturated rings. The lowest BCUT2D eigenvalue weighted by atomic mass is 9.93. The standard InChI is InChI=1S/C38H41FN6O2/c1-2-22-4-3-5-23-14-29(46)17-32(33(22)23)30-10-11-31-35(34(30)39)42-37(43-36(31)44-18-25-6-7-26(19-44)41-25)47-21-38(12-13-38)20-45-27-8-9-28(45)16-24(40)15-27/h1,3-5,10-11,14,17,24-28,41,46H,6-9,12-13,15-16,18-21,40H2. The zero-order valence-corrected chi connectivity index (χ0v) is 26.6. The molecule has 8 nitrogen and oxygen atoms in total. The van der Waals surface area contributed by atoms with E-state index in [-0.39, 0.29) is 22.7 Å². The van der Waals surface area contributed by atoms with Crippen LogP contribution in [0.15, 0.2) is 42.5 Å². The van der Waals surface area contributed by atoms with Crippen molar-refractivity contribution < 1.29 is 14.2 Å². The number of hydrogen-bond acceptors (Lipinski definition) is 8. The number of anilines is 1. The molecule has 5 aliphatic rings. The van der Waals surface area contributed by atoms with Gasteiger partial charge >= 0.3 is 6.01 Å².